The SMILES string of the molecule is C1#CSC#CCCCCCSCCCCC1. The Labute approximate surface area is 109 Å². The first-order valence-electron chi connectivity index (χ1n) is 6.19. The van der Waals surface area contributed by atoms with Gasteiger partial charge in [-0.1, -0.05) is 24.7 Å². The standard InChI is InChI=1S/C14H20S2/c1-3-7-11-15-13-9-5-2-6-10-14-16-12-8-4-1/h1-7,9,11,13H2. The Morgan fingerprint density at radius 3 is 1.75 bits per heavy atom. The molecule has 0 saturated carbocycles. The van der Waals surface area contributed by atoms with Crippen LogP contribution in [0.3, 0.4) is 0 Å². The Kier molecular flexibility index (Phi) is 9.81. The summed E-state index contributed by atoms with van der Waals surface area (Å²) in [6, 6.07) is 0. The van der Waals surface area contributed by atoms with Crippen molar-refractivity contribution in [1.82, 2.24) is 0 Å². The summed E-state index contributed by atoms with van der Waals surface area (Å²) >= 11 is 3.58. The van der Waals surface area contributed by atoms with E-state index in [1.54, 1.807) is 0 Å². The minimum atomic E-state index is 1.04. The topological polar surface area (TPSA) is 0 Å². The van der Waals surface area contributed by atoms with Gasteiger partial charge in [-0.25, -0.2) is 0 Å². The minimum Gasteiger partial charge on any atom is -0.162 e. The molecule has 0 radical (unpaired) electrons. The molecule has 0 aliphatic carbocycles. The van der Waals surface area contributed by atoms with E-state index in [-0.39, 0.29) is 0 Å². The molecule has 1 heterocycles. The molecule has 0 saturated heterocycles. The first-order valence-corrected chi connectivity index (χ1v) is 8.16. The highest BCUT2D eigenvalue weighted by atomic mass is 32.2. The van der Waals surface area contributed by atoms with Crippen molar-refractivity contribution in [2.75, 3.05) is 11.5 Å². The van der Waals surface area contributed by atoms with Crippen molar-refractivity contribution in [2.24, 2.45) is 0 Å². The van der Waals surface area contributed by atoms with Crippen molar-refractivity contribution in [1.29, 1.82) is 0 Å². The Morgan fingerprint density at radius 1 is 0.625 bits per heavy atom. The molecular weight excluding hydrogens is 232 g/mol. The fourth-order valence-electron chi connectivity index (χ4n) is 1.49. The second-order valence-electron chi connectivity index (χ2n) is 3.89. The second-order valence-corrected chi connectivity index (χ2v) is 5.73. The van der Waals surface area contributed by atoms with Crippen LogP contribution in [0.25, 0.3) is 0 Å². The Bertz CT molecular complexity index is 247. The molecule has 0 aromatic carbocycles. The van der Waals surface area contributed by atoms with Gasteiger partial charge in [0.1, 0.15) is 0 Å². The molecule has 0 bridgehead atoms. The molecule has 1 aliphatic rings. The van der Waals surface area contributed by atoms with E-state index >= 15 is 0 Å². The van der Waals surface area contributed by atoms with Crippen molar-refractivity contribution in [2.45, 2.75) is 51.4 Å². The van der Waals surface area contributed by atoms with Gasteiger partial charge in [-0.3, -0.25) is 0 Å². The average Bonchev–Trinajstić information content (AvgIpc) is 2.29. The molecule has 88 valence electrons. The van der Waals surface area contributed by atoms with Gasteiger partial charge in [-0.05, 0) is 47.7 Å². The van der Waals surface area contributed by atoms with Gasteiger partial charge < -0.3 is 0 Å². The molecule has 0 atom stereocenters. The van der Waals surface area contributed by atoms with Gasteiger partial charge in [0, 0.05) is 24.6 Å². The predicted octanol–water partition coefficient (Wildman–Crippen LogP) is 4.51. The Balaban J connectivity index is 2.20. The molecule has 0 N–H and O–H groups in total. The number of thioether (sulfide) groups is 2. The zero-order valence-electron chi connectivity index (χ0n) is 9.89. The van der Waals surface area contributed by atoms with Crippen LogP contribution in [0.15, 0.2) is 0 Å². The van der Waals surface area contributed by atoms with Crippen molar-refractivity contribution in [3.05, 3.63) is 0 Å². The Morgan fingerprint density at radius 2 is 1.19 bits per heavy atom. The fraction of sp³-hybridized carbons (Fsp3) is 0.714. The smallest absolute Gasteiger partial charge is 0.0134 e. The quantitative estimate of drug-likeness (QED) is 0.582. The van der Waals surface area contributed by atoms with E-state index in [1.165, 1.54) is 61.8 Å². The maximum absolute atomic E-state index is 3.17. The second kappa shape index (κ2) is 11.3. The van der Waals surface area contributed by atoms with Gasteiger partial charge in [-0.2, -0.15) is 11.8 Å². The van der Waals surface area contributed by atoms with E-state index in [9.17, 15) is 0 Å². The zero-order valence-corrected chi connectivity index (χ0v) is 11.5. The molecule has 16 heavy (non-hydrogen) atoms. The molecule has 2 heteroatoms. The maximum atomic E-state index is 3.17. The van der Waals surface area contributed by atoms with E-state index in [0.717, 1.165) is 12.8 Å². The van der Waals surface area contributed by atoms with Gasteiger partial charge in [-0.15, -0.1) is 0 Å². The largest absolute Gasteiger partial charge is 0.162 e. The van der Waals surface area contributed by atoms with Gasteiger partial charge in [0.2, 0.25) is 0 Å². The minimum absolute atomic E-state index is 1.04. The van der Waals surface area contributed by atoms with Gasteiger partial charge in [0.25, 0.3) is 0 Å². The average molecular weight is 252 g/mol. The highest BCUT2D eigenvalue weighted by Crippen LogP contribution is 2.11. The molecule has 0 spiro atoms. The Hall–Kier alpha value is -0.180. The summed E-state index contributed by atoms with van der Waals surface area (Å²) in [5, 5.41) is 6.11. The normalized spacial score (nSPS) is 20.0. The third-order valence-corrected chi connectivity index (χ3v) is 4.07. The van der Waals surface area contributed by atoms with Crippen LogP contribution in [0.1, 0.15) is 51.4 Å². The molecule has 0 amide bonds. The summed E-state index contributed by atoms with van der Waals surface area (Å²) < 4.78 is 0. The van der Waals surface area contributed by atoms with E-state index in [2.05, 4.69) is 34.1 Å². The lowest BCUT2D eigenvalue weighted by Crippen LogP contribution is -1.85. The van der Waals surface area contributed by atoms with E-state index in [1.807, 2.05) is 0 Å². The highest BCUT2D eigenvalue weighted by molar-refractivity contribution is 8.08. The monoisotopic (exact) mass is 252 g/mol. The lowest BCUT2D eigenvalue weighted by atomic mass is 10.2. The third-order valence-electron chi connectivity index (χ3n) is 2.43. The first kappa shape index (κ1) is 13.9. The van der Waals surface area contributed by atoms with Gasteiger partial charge in [0.15, 0.2) is 0 Å². The summed E-state index contributed by atoms with van der Waals surface area (Å²) in [4.78, 5) is 0. The number of hydrogen-bond donors (Lipinski definition) is 0. The predicted molar refractivity (Wildman–Crippen MR) is 77.4 cm³/mol. The summed E-state index contributed by atoms with van der Waals surface area (Å²) in [5.41, 5.74) is 0. The van der Waals surface area contributed by atoms with Crippen LogP contribution in [0.2, 0.25) is 0 Å². The molecular formula is C14H20S2. The lowest BCUT2D eigenvalue weighted by molar-refractivity contribution is 0.734. The van der Waals surface area contributed by atoms with Crippen LogP contribution in [0.5, 0.6) is 0 Å². The van der Waals surface area contributed by atoms with Crippen LogP contribution >= 0.6 is 23.5 Å². The lowest BCUT2D eigenvalue weighted by Gasteiger charge is -2.01. The summed E-state index contributed by atoms with van der Waals surface area (Å²) in [7, 11) is 0. The molecule has 1 aliphatic heterocycles. The van der Waals surface area contributed by atoms with E-state index < -0.39 is 0 Å². The summed E-state index contributed by atoms with van der Waals surface area (Å²) in [5.74, 6) is 9.01. The van der Waals surface area contributed by atoms with Crippen LogP contribution in [-0.2, 0) is 0 Å². The molecule has 0 aromatic heterocycles. The van der Waals surface area contributed by atoms with Gasteiger partial charge >= 0.3 is 0 Å². The maximum Gasteiger partial charge on any atom is 0.0134 e. The molecule has 0 unspecified atom stereocenters. The summed E-state index contributed by atoms with van der Waals surface area (Å²) in [6.07, 6.45) is 9.97. The zero-order chi connectivity index (χ0) is 11.3. The first-order chi connectivity index (χ1) is 8.00. The van der Waals surface area contributed by atoms with E-state index in [0.29, 0.717) is 0 Å². The van der Waals surface area contributed by atoms with Crippen LogP contribution < -0.4 is 0 Å². The van der Waals surface area contributed by atoms with Crippen molar-refractivity contribution < 1.29 is 0 Å². The molecule has 0 nitrogen and oxygen atoms in total. The molecule has 0 aromatic rings. The van der Waals surface area contributed by atoms with Crippen molar-refractivity contribution in [3.63, 3.8) is 0 Å². The number of rotatable bonds is 0. The van der Waals surface area contributed by atoms with Crippen molar-refractivity contribution in [3.8, 4) is 22.3 Å². The van der Waals surface area contributed by atoms with Crippen molar-refractivity contribution >= 4 is 23.5 Å². The highest BCUT2D eigenvalue weighted by Gasteiger charge is 1.92. The van der Waals surface area contributed by atoms with E-state index in [4.69, 9.17) is 0 Å². The van der Waals surface area contributed by atoms with Crippen LogP contribution in [0.4, 0.5) is 0 Å². The summed E-state index contributed by atoms with van der Waals surface area (Å²) in [6.45, 7) is 0. The third kappa shape index (κ3) is 9.08. The fourth-order valence-corrected chi connectivity index (χ4v) is 2.91. The van der Waals surface area contributed by atoms with Gasteiger partial charge in [0.05, 0.1) is 0 Å². The molecule has 1 rings (SSSR count). The number of hydrogen-bond acceptors (Lipinski definition) is 2. The van der Waals surface area contributed by atoms with Crippen LogP contribution in [0, 0.1) is 22.3 Å². The van der Waals surface area contributed by atoms with Crippen LogP contribution in [-0.4, -0.2) is 11.5 Å². The molecule has 0 fully saturated rings.